The molecule has 13 heteroatoms. The molecule has 0 aliphatic heterocycles. The maximum atomic E-state index is 13.7. The molecular formula is C23H28F2N6O4S. The highest BCUT2D eigenvalue weighted by Gasteiger charge is 2.45. The van der Waals surface area contributed by atoms with Gasteiger partial charge in [-0.05, 0) is 36.3 Å². The van der Waals surface area contributed by atoms with Gasteiger partial charge in [-0.2, -0.15) is 12.6 Å². The van der Waals surface area contributed by atoms with E-state index in [0.29, 0.717) is 47.0 Å². The molecule has 2 aliphatic rings. The summed E-state index contributed by atoms with van der Waals surface area (Å²) in [6, 6.07) is 3.24. The molecular weight excluding hydrogens is 494 g/mol. The van der Waals surface area contributed by atoms with Crippen molar-refractivity contribution in [3.05, 3.63) is 41.2 Å². The van der Waals surface area contributed by atoms with Crippen LogP contribution >= 0.6 is 12.6 Å². The van der Waals surface area contributed by atoms with Crippen molar-refractivity contribution < 1.29 is 28.8 Å². The SMILES string of the molecule is OCCO[C@H]1C[C@@H](n2nnc3c(N[C@@H]4C[C@H]4c4ccc(F)c(F)c4)nc(CCCS)nc32)[C@H](O)[C@@H]1O. The molecule has 0 amide bonds. The number of aromatic nitrogens is 5. The Balaban J connectivity index is 1.43. The van der Waals surface area contributed by atoms with Crippen LogP contribution in [0.1, 0.15) is 42.6 Å². The van der Waals surface area contributed by atoms with Crippen LogP contribution in [-0.2, 0) is 11.2 Å². The number of hydrogen-bond acceptors (Lipinski definition) is 10. The Labute approximate surface area is 211 Å². The average molecular weight is 523 g/mol. The normalized spacial score (nSPS) is 27.6. The fraction of sp³-hybridized carbons (Fsp3) is 0.565. The number of anilines is 1. The van der Waals surface area contributed by atoms with Crippen molar-refractivity contribution in [3.63, 3.8) is 0 Å². The van der Waals surface area contributed by atoms with Crippen LogP contribution in [0.4, 0.5) is 14.6 Å². The van der Waals surface area contributed by atoms with Crippen LogP contribution in [0.15, 0.2) is 18.2 Å². The summed E-state index contributed by atoms with van der Waals surface area (Å²) in [6.07, 6.45) is -0.677. The minimum atomic E-state index is -1.16. The third-order valence-electron chi connectivity index (χ3n) is 6.75. The Bertz CT molecular complexity index is 1230. The van der Waals surface area contributed by atoms with Gasteiger partial charge < -0.3 is 25.4 Å². The van der Waals surface area contributed by atoms with E-state index in [9.17, 15) is 19.0 Å². The van der Waals surface area contributed by atoms with Gasteiger partial charge >= 0.3 is 0 Å². The van der Waals surface area contributed by atoms with Crippen LogP contribution in [-0.4, -0.2) is 83.6 Å². The molecule has 10 nitrogen and oxygen atoms in total. The standard InChI is InChI=1S/C23H28F2N6O4S/c24-13-4-3-11(8-14(13)25)12-9-15(12)26-22-19-23(28-18(27-22)2-1-7-36)31(30-29-19)16-10-17(35-6-5-32)21(34)20(16)33/h3-4,8,12,15-17,20-21,32-34,36H,1-2,5-7,9-10H2,(H,26,27,28)/t12-,15+,16+,17-,20-,21+/m0/s1. The zero-order valence-electron chi connectivity index (χ0n) is 19.3. The maximum Gasteiger partial charge on any atom is 0.184 e. The monoisotopic (exact) mass is 522 g/mol. The Kier molecular flexibility index (Phi) is 7.35. The highest BCUT2D eigenvalue weighted by molar-refractivity contribution is 7.80. The molecule has 2 fully saturated rings. The number of aliphatic hydroxyl groups is 3. The lowest BCUT2D eigenvalue weighted by molar-refractivity contribution is -0.0629. The number of halogens is 2. The quantitative estimate of drug-likeness (QED) is 0.250. The van der Waals surface area contributed by atoms with Gasteiger partial charge in [-0.1, -0.05) is 11.3 Å². The lowest BCUT2D eigenvalue weighted by Crippen LogP contribution is -2.33. The molecule has 0 saturated heterocycles. The smallest absolute Gasteiger partial charge is 0.184 e. The predicted molar refractivity (Wildman–Crippen MR) is 129 cm³/mol. The Morgan fingerprint density at radius 1 is 1.14 bits per heavy atom. The molecule has 2 heterocycles. The summed E-state index contributed by atoms with van der Waals surface area (Å²) in [5.74, 6) is -0.0873. The van der Waals surface area contributed by atoms with Gasteiger partial charge in [0.05, 0.1) is 25.4 Å². The van der Waals surface area contributed by atoms with Crippen molar-refractivity contribution in [3.8, 4) is 0 Å². The van der Waals surface area contributed by atoms with Crippen molar-refractivity contribution >= 4 is 29.6 Å². The zero-order chi connectivity index (χ0) is 25.4. The van der Waals surface area contributed by atoms with E-state index in [1.165, 1.54) is 10.7 Å². The summed E-state index contributed by atoms with van der Waals surface area (Å²) in [6.45, 7) is -0.149. The zero-order valence-corrected chi connectivity index (χ0v) is 20.2. The summed E-state index contributed by atoms with van der Waals surface area (Å²) in [4.78, 5) is 9.28. The van der Waals surface area contributed by atoms with Gasteiger partial charge in [-0.25, -0.2) is 23.4 Å². The van der Waals surface area contributed by atoms with E-state index in [-0.39, 0.29) is 31.6 Å². The summed E-state index contributed by atoms with van der Waals surface area (Å²) < 4.78 is 34.0. The van der Waals surface area contributed by atoms with E-state index in [2.05, 4.69) is 38.2 Å². The first-order valence-electron chi connectivity index (χ1n) is 11.9. The molecule has 0 bridgehead atoms. The number of aryl methyl sites for hydroxylation is 1. The molecule has 1 aromatic carbocycles. The number of rotatable bonds is 10. The fourth-order valence-electron chi connectivity index (χ4n) is 4.77. The summed E-state index contributed by atoms with van der Waals surface area (Å²) >= 11 is 4.27. The highest BCUT2D eigenvalue weighted by atomic mass is 32.1. The van der Waals surface area contributed by atoms with Gasteiger partial charge in [0.25, 0.3) is 0 Å². The van der Waals surface area contributed by atoms with Crippen LogP contribution in [0.5, 0.6) is 0 Å². The number of nitrogens with zero attached hydrogens (tertiary/aromatic N) is 5. The van der Waals surface area contributed by atoms with Gasteiger partial charge in [0.15, 0.2) is 28.6 Å². The molecule has 5 rings (SSSR count). The number of thiol groups is 1. The largest absolute Gasteiger partial charge is 0.394 e. The molecule has 0 unspecified atom stereocenters. The van der Waals surface area contributed by atoms with E-state index < -0.39 is 36.0 Å². The summed E-state index contributed by atoms with van der Waals surface area (Å²) in [5.41, 5.74) is 1.51. The number of aliphatic hydroxyl groups excluding tert-OH is 3. The number of nitrogens with one attached hydrogen (secondary N) is 1. The fourth-order valence-corrected chi connectivity index (χ4v) is 4.93. The molecule has 3 aromatic rings. The van der Waals surface area contributed by atoms with Crippen molar-refractivity contribution in [2.24, 2.45) is 0 Å². The van der Waals surface area contributed by atoms with E-state index in [1.807, 2.05) is 0 Å². The molecule has 0 radical (unpaired) electrons. The van der Waals surface area contributed by atoms with E-state index in [0.717, 1.165) is 12.5 Å². The van der Waals surface area contributed by atoms with Crippen molar-refractivity contribution in [2.75, 3.05) is 24.3 Å². The number of hydrogen-bond donors (Lipinski definition) is 5. The predicted octanol–water partition coefficient (Wildman–Crippen LogP) is 1.37. The Morgan fingerprint density at radius 3 is 2.72 bits per heavy atom. The van der Waals surface area contributed by atoms with Crippen LogP contribution in [0.3, 0.4) is 0 Å². The molecule has 4 N–H and O–H groups in total. The lowest BCUT2D eigenvalue weighted by Gasteiger charge is -2.17. The first-order valence-corrected chi connectivity index (χ1v) is 12.6. The van der Waals surface area contributed by atoms with Crippen molar-refractivity contribution in [1.29, 1.82) is 0 Å². The molecule has 0 spiro atoms. The number of fused-ring (bicyclic) bond motifs is 1. The second kappa shape index (κ2) is 10.5. The van der Waals surface area contributed by atoms with E-state index in [1.54, 1.807) is 6.07 Å². The molecule has 194 valence electrons. The van der Waals surface area contributed by atoms with Gasteiger partial charge in [0.1, 0.15) is 18.0 Å². The third-order valence-corrected chi connectivity index (χ3v) is 7.07. The minimum Gasteiger partial charge on any atom is -0.394 e. The lowest BCUT2D eigenvalue weighted by atomic mass is 10.1. The average Bonchev–Trinajstić information content (AvgIpc) is 3.41. The van der Waals surface area contributed by atoms with Gasteiger partial charge in [-0.15, -0.1) is 5.10 Å². The maximum absolute atomic E-state index is 13.7. The van der Waals surface area contributed by atoms with Gasteiger partial charge in [-0.3, -0.25) is 0 Å². The number of benzene rings is 1. The Morgan fingerprint density at radius 2 is 1.97 bits per heavy atom. The molecule has 6 atom stereocenters. The molecule has 36 heavy (non-hydrogen) atoms. The van der Waals surface area contributed by atoms with Crippen molar-refractivity contribution in [1.82, 2.24) is 25.0 Å². The second-order valence-electron chi connectivity index (χ2n) is 9.21. The van der Waals surface area contributed by atoms with Crippen LogP contribution in [0.25, 0.3) is 11.2 Å². The highest BCUT2D eigenvalue weighted by Crippen LogP contribution is 2.44. The number of ether oxygens (including phenoxy) is 1. The molecule has 2 aliphatic carbocycles. The summed E-state index contributed by atoms with van der Waals surface area (Å²) in [5, 5.41) is 42.0. The van der Waals surface area contributed by atoms with E-state index in [4.69, 9.17) is 9.84 Å². The van der Waals surface area contributed by atoms with Crippen LogP contribution in [0, 0.1) is 11.6 Å². The molecule has 2 saturated carbocycles. The van der Waals surface area contributed by atoms with Gasteiger partial charge in [0, 0.05) is 24.8 Å². The first-order chi connectivity index (χ1) is 17.4. The van der Waals surface area contributed by atoms with E-state index >= 15 is 0 Å². The Hall–Kier alpha value is -2.45. The first kappa shape index (κ1) is 25.2. The van der Waals surface area contributed by atoms with Crippen LogP contribution < -0.4 is 5.32 Å². The summed E-state index contributed by atoms with van der Waals surface area (Å²) in [7, 11) is 0. The minimum absolute atomic E-state index is 0.00251. The third kappa shape index (κ3) is 4.90. The van der Waals surface area contributed by atoms with Crippen LogP contribution in [0.2, 0.25) is 0 Å². The van der Waals surface area contributed by atoms with Crippen molar-refractivity contribution in [2.45, 2.75) is 62.0 Å². The second-order valence-corrected chi connectivity index (χ2v) is 9.65. The molecule has 2 aromatic heterocycles. The topological polar surface area (TPSA) is 138 Å². The van der Waals surface area contributed by atoms with Gasteiger partial charge in [0.2, 0.25) is 0 Å².